The first-order valence-corrected chi connectivity index (χ1v) is 11.5. The molecule has 10 nitrogen and oxygen atoms in total. The summed E-state index contributed by atoms with van der Waals surface area (Å²) in [7, 11) is 0. The number of aliphatic imine (C=N–C) groups is 1. The number of rotatable bonds is 8. The maximum absolute atomic E-state index is 13.2. The Bertz CT molecular complexity index is 1140. The molecule has 1 heterocycles. The summed E-state index contributed by atoms with van der Waals surface area (Å²) >= 11 is 9.31. The van der Waals surface area contributed by atoms with Gasteiger partial charge in [-0.15, -0.1) is 0 Å². The van der Waals surface area contributed by atoms with Crippen LogP contribution < -0.4 is 21.3 Å². The van der Waals surface area contributed by atoms with Gasteiger partial charge in [0.25, 0.3) is 5.91 Å². The van der Waals surface area contributed by atoms with Gasteiger partial charge in [-0.05, 0) is 35.9 Å². The molecule has 0 radical (unpaired) electrons. The maximum Gasteiger partial charge on any atom is 0.305 e. The number of nitrogens with one attached hydrogen (secondary N) is 4. The summed E-state index contributed by atoms with van der Waals surface area (Å²) in [5, 5.41) is 30.2. The van der Waals surface area contributed by atoms with Crippen LogP contribution in [0.4, 0.5) is 10.1 Å². The summed E-state index contributed by atoms with van der Waals surface area (Å²) < 4.78 is 13.8. The van der Waals surface area contributed by atoms with E-state index in [0.717, 1.165) is 0 Å². The summed E-state index contributed by atoms with van der Waals surface area (Å²) in [6.07, 6.45) is -1.48. The quantitative estimate of drug-likeness (QED) is 0.285. The van der Waals surface area contributed by atoms with Crippen LogP contribution in [0.2, 0.25) is 5.02 Å². The molecule has 0 saturated carbocycles. The molecule has 2 atom stereocenters. The molecule has 1 unspecified atom stereocenters. The van der Waals surface area contributed by atoms with E-state index < -0.39 is 43.0 Å². The number of alkyl halides is 1. The van der Waals surface area contributed by atoms with Crippen molar-refractivity contribution in [3.8, 4) is 5.75 Å². The average molecular weight is 571 g/mol. The predicted octanol–water partition coefficient (Wildman–Crippen LogP) is 2.58. The lowest BCUT2D eigenvalue weighted by Crippen LogP contribution is -2.41. The van der Waals surface area contributed by atoms with Gasteiger partial charge in [-0.25, -0.2) is 9.38 Å². The summed E-state index contributed by atoms with van der Waals surface area (Å²) in [5.74, 6) is -2.32. The van der Waals surface area contributed by atoms with Crippen molar-refractivity contribution in [3.63, 3.8) is 0 Å². The van der Waals surface area contributed by atoms with Gasteiger partial charge in [-0.1, -0.05) is 27.5 Å². The number of benzene rings is 2. The Balaban J connectivity index is 1.63. The topological polar surface area (TPSA) is 152 Å². The van der Waals surface area contributed by atoms with Crippen LogP contribution in [-0.2, 0) is 9.59 Å². The van der Waals surface area contributed by atoms with Crippen LogP contribution in [-0.4, -0.2) is 59.8 Å². The zero-order chi connectivity index (χ0) is 25.5. The average Bonchev–Trinajstić information content (AvgIpc) is 2.77. The van der Waals surface area contributed by atoms with Crippen molar-refractivity contribution in [1.82, 2.24) is 16.0 Å². The molecule has 1 aliphatic rings. The summed E-state index contributed by atoms with van der Waals surface area (Å²) in [6.45, 7) is -0.366. The van der Waals surface area contributed by atoms with Gasteiger partial charge in [0.15, 0.2) is 5.96 Å². The van der Waals surface area contributed by atoms with E-state index >= 15 is 0 Å². The normalized spacial score (nSPS) is 15.9. The van der Waals surface area contributed by atoms with E-state index in [1.165, 1.54) is 18.2 Å². The summed E-state index contributed by atoms with van der Waals surface area (Å²) in [6, 6.07) is 7.92. The van der Waals surface area contributed by atoms with E-state index in [9.17, 15) is 29.0 Å². The molecule has 186 valence electrons. The van der Waals surface area contributed by atoms with Crippen LogP contribution in [0, 0.1) is 0 Å². The van der Waals surface area contributed by atoms with Crippen molar-refractivity contribution in [2.24, 2.45) is 4.99 Å². The van der Waals surface area contributed by atoms with Gasteiger partial charge in [-0.2, -0.15) is 0 Å². The third-order valence-electron chi connectivity index (χ3n) is 4.79. The Labute approximate surface area is 213 Å². The molecule has 3 rings (SSSR count). The minimum atomic E-state index is -1.13. The highest BCUT2D eigenvalue weighted by Gasteiger charge is 2.20. The highest BCUT2D eigenvalue weighted by atomic mass is 79.9. The van der Waals surface area contributed by atoms with E-state index in [1.807, 2.05) is 0 Å². The number of nitrogens with zero attached hydrogens (tertiary/aromatic N) is 1. The van der Waals surface area contributed by atoms with Gasteiger partial charge in [0.1, 0.15) is 11.9 Å². The number of halogens is 3. The van der Waals surface area contributed by atoms with Gasteiger partial charge in [0.05, 0.1) is 32.1 Å². The molecule has 0 saturated heterocycles. The highest BCUT2D eigenvalue weighted by molar-refractivity contribution is 9.10. The minimum absolute atomic E-state index is 0.00832. The molecular weight excluding hydrogens is 549 g/mol. The van der Waals surface area contributed by atoms with E-state index in [-0.39, 0.29) is 24.4 Å². The largest absolute Gasteiger partial charge is 0.508 e. The first-order valence-electron chi connectivity index (χ1n) is 10.4. The second-order valence-electron chi connectivity index (χ2n) is 7.66. The number of guanidine groups is 1. The van der Waals surface area contributed by atoms with Crippen molar-refractivity contribution < 1.29 is 29.0 Å². The summed E-state index contributed by atoms with van der Waals surface area (Å²) in [5.41, 5.74) is 0.866. The van der Waals surface area contributed by atoms with E-state index in [4.69, 9.17) is 11.6 Å². The van der Waals surface area contributed by atoms with Crippen LogP contribution in [0.3, 0.4) is 0 Å². The first-order chi connectivity index (χ1) is 16.6. The molecule has 35 heavy (non-hydrogen) atoms. The SMILES string of the molecule is O=C(O)C[C@@H](NC(=O)CNC(=O)c1cc(O)cc(NC2=NCC(F)CN2)c1)c1cc(Cl)cc(Br)c1. The van der Waals surface area contributed by atoms with Gasteiger partial charge >= 0.3 is 5.97 Å². The van der Waals surface area contributed by atoms with Gasteiger partial charge in [0.2, 0.25) is 5.91 Å². The second kappa shape index (κ2) is 11.8. The Kier molecular flexibility index (Phi) is 8.88. The monoisotopic (exact) mass is 569 g/mol. The molecule has 2 aromatic carbocycles. The van der Waals surface area contributed by atoms with E-state index in [2.05, 4.69) is 42.2 Å². The molecule has 0 aliphatic carbocycles. The fourth-order valence-electron chi connectivity index (χ4n) is 3.26. The smallest absolute Gasteiger partial charge is 0.305 e. The molecule has 0 bridgehead atoms. The highest BCUT2D eigenvalue weighted by Crippen LogP contribution is 2.26. The zero-order valence-corrected chi connectivity index (χ0v) is 20.5. The fourth-order valence-corrected chi connectivity index (χ4v) is 4.15. The van der Waals surface area contributed by atoms with Crippen molar-refractivity contribution in [2.75, 3.05) is 25.0 Å². The maximum atomic E-state index is 13.2. The van der Waals surface area contributed by atoms with Crippen LogP contribution >= 0.6 is 27.5 Å². The Hall–Kier alpha value is -3.38. The number of amides is 2. The number of carboxylic acids is 1. The number of carboxylic acid groups (broad SMARTS) is 1. The zero-order valence-electron chi connectivity index (χ0n) is 18.1. The third kappa shape index (κ3) is 8.11. The van der Waals surface area contributed by atoms with E-state index in [0.29, 0.717) is 26.7 Å². The molecule has 0 spiro atoms. The molecule has 2 aromatic rings. The first kappa shape index (κ1) is 26.2. The van der Waals surface area contributed by atoms with Gasteiger partial charge < -0.3 is 31.5 Å². The minimum Gasteiger partial charge on any atom is -0.508 e. The Morgan fingerprint density at radius 3 is 2.66 bits per heavy atom. The number of hydrogen-bond donors (Lipinski definition) is 6. The lowest BCUT2D eigenvalue weighted by atomic mass is 10.0. The molecule has 6 N–H and O–H groups in total. The molecule has 0 aromatic heterocycles. The standard InChI is InChI=1S/C22H22BrClFN5O5/c23-13-1-11(2-14(24)5-13)18(7-20(33)34)30-19(32)10-26-21(35)12-3-16(6-17(31)4-12)29-22-27-8-15(25)9-28-22/h1-6,15,18,31H,7-10H2,(H,26,35)(H,30,32)(H,33,34)(H2,27,28,29)/t18-/m1/s1. The number of phenolic OH excluding ortho intramolecular Hbond substituents is 1. The Morgan fingerprint density at radius 1 is 1.23 bits per heavy atom. The summed E-state index contributed by atoms with van der Waals surface area (Å²) in [4.78, 5) is 40.3. The number of aromatic hydroxyl groups is 1. The number of aliphatic carboxylic acids is 1. The van der Waals surface area contributed by atoms with Crippen LogP contribution in [0.1, 0.15) is 28.4 Å². The van der Waals surface area contributed by atoms with Crippen LogP contribution in [0.5, 0.6) is 5.75 Å². The number of carbonyl (C=O) groups excluding carboxylic acids is 2. The second-order valence-corrected chi connectivity index (χ2v) is 9.02. The fraction of sp³-hybridized carbons (Fsp3) is 0.273. The number of phenols is 1. The molecule has 0 fully saturated rings. The van der Waals surface area contributed by atoms with Crippen molar-refractivity contribution >= 4 is 57.0 Å². The van der Waals surface area contributed by atoms with Crippen LogP contribution in [0.25, 0.3) is 0 Å². The van der Waals surface area contributed by atoms with Gasteiger partial charge in [0, 0.05) is 26.8 Å². The lowest BCUT2D eigenvalue weighted by Gasteiger charge is -2.19. The molecule has 1 aliphatic heterocycles. The van der Waals surface area contributed by atoms with Gasteiger partial charge in [-0.3, -0.25) is 14.4 Å². The van der Waals surface area contributed by atoms with Crippen molar-refractivity contribution in [2.45, 2.75) is 18.6 Å². The Morgan fingerprint density at radius 2 is 2.00 bits per heavy atom. The van der Waals surface area contributed by atoms with E-state index in [1.54, 1.807) is 18.2 Å². The van der Waals surface area contributed by atoms with Crippen molar-refractivity contribution in [3.05, 3.63) is 57.0 Å². The van der Waals surface area contributed by atoms with Crippen molar-refractivity contribution in [1.29, 1.82) is 0 Å². The third-order valence-corrected chi connectivity index (χ3v) is 5.47. The molecule has 2 amide bonds. The molecular formula is C22H22BrClFN5O5. The lowest BCUT2D eigenvalue weighted by molar-refractivity contribution is -0.137. The number of hydrogen-bond acceptors (Lipinski definition) is 7. The molecule has 13 heteroatoms. The number of carbonyl (C=O) groups is 3. The predicted molar refractivity (Wildman–Crippen MR) is 132 cm³/mol. The number of anilines is 1. The van der Waals surface area contributed by atoms with Crippen LogP contribution in [0.15, 0.2) is 45.9 Å².